The number of morpholine rings is 1. The number of ether oxygens (including phenoxy) is 1. The van der Waals surface area contributed by atoms with Gasteiger partial charge in [0.05, 0.1) is 18.1 Å². The van der Waals surface area contributed by atoms with Gasteiger partial charge in [-0.2, -0.15) is 0 Å². The normalized spacial score (nSPS) is 28.2. The quantitative estimate of drug-likeness (QED) is 0.827. The van der Waals surface area contributed by atoms with Crippen molar-refractivity contribution in [3.05, 3.63) is 29.8 Å². The lowest BCUT2D eigenvalue weighted by Crippen LogP contribution is -2.45. The second-order valence-corrected chi connectivity index (χ2v) is 9.00. The lowest BCUT2D eigenvalue weighted by molar-refractivity contribution is -0.135. The Morgan fingerprint density at radius 2 is 1.76 bits per heavy atom. The van der Waals surface area contributed by atoms with Gasteiger partial charge in [0.2, 0.25) is 11.8 Å². The number of rotatable bonds is 5. The Hall–Kier alpha value is -1.92. The molecule has 3 atom stereocenters. The Kier molecular flexibility index (Phi) is 6.20. The molecular weight excluding hydrogens is 366 g/mol. The van der Waals surface area contributed by atoms with Crippen molar-refractivity contribution in [3.8, 4) is 0 Å². The topological polar surface area (TPSA) is 61.9 Å². The molecule has 1 aromatic rings. The molecule has 6 heteroatoms. The Labute approximate surface area is 173 Å². The molecule has 0 radical (unpaired) electrons. The van der Waals surface area contributed by atoms with Crippen molar-refractivity contribution in [2.75, 3.05) is 31.5 Å². The number of piperidine rings is 1. The lowest BCUT2D eigenvalue weighted by Gasteiger charge is -2.35. The third kappa shape index (κ3) is 5.17. The summed E-state index contributed by atoms with van der Waals surface area (Å²) in [6.07, 6.45) is 4.22. The minimum absolute atomic E-state index is 0.0365. The Morgan fingerprint density at radius 1 is 1.03 bits per heavy atom. The number of benzene rings is 1. The Balaban J connectivity index is 1.38. The van der Waals surface area contributed by atoms with E-state index in [0.717, 1.165) is 63.1 Å². The number of para-hydroxylation sites is 1. The van der Waals surface area contributed by atoms with Crippen molar-refractivity contribution in [3.63, 3.8) is 0 Å². The molecule has 0 aromatic heterocycles. The second-order valence-electron chi connectivity index (χ2n) is 9.00. The maximum Gasteiger partial charge on any atom is 0.229 e. The number of amides is 2. The van der Waals surface area contributed by atoms with Crippen LogP contribution >= 0.6 is 0 Å². The first-order valence-corrected chi connectivity index (χ1v) is 11.0. The van der Waals surface area contributed by atoms with E-state index in [1.807, 2.05) is 23.1 Å². The summed E-state index contributed by atoms with van der Waals surface area (Å²) in [5.41, 5.74) is 2.01. The highest BCUT2D eigenvalue weighted by Crippen LogP contribution is 2.32. The van der Waals surface area contributed by atoms with Crippen LogP contribution in [0.2, 0.25) is 0 Å². The number of likely N-dealkylation sites (tertiary alicyclic amines) is 1. The molecule has 1 aliphatic carbocycles. The van der Waals surface area contributed by atoms with Crippen molar-refractivity contribution in [1.29, 1.82) is 0 Å². The van der Waals surface area contributed by atoms with Crippen LogP contribution in [0.5, 0.6) is 0 Å². The zero-order chi connectivity index (χ0) is 20.4. The summed E-state index contributed by atoms with van der Waals surface area (Å²) in [6, 6.07) is 8.06. The number of hydrogen-bond acceptors (Lipinski definition) is 4. The maximum absolute atomic E-state index is 13.0. The average Bonchev–Trinajstić information content (AvgIpc) is 3.53. The van der Waals surface area contributed by atoms with Crippen molar-refractivity contribution in [2.45, 2.75) is 58.3 Å². The molecule has 6 nitrogen and oxygen atoms in total. The van der Waals surface area contributed by atoms with Gasteiger partial charge >= 0.3 is 0 Å². The first kappa shape index (κ1) is 20.4. The lowest BCUT2D eigenvalue weighted by atomic mass is 9.96. The number of nitrogens with one attached hydrogen (secondary N) is 1. The Morgan fingerprint density at radius 3 is 2.48 bits per heavy atom. The van der Waals surface area contributed by atoms with E-state index in [-0.39, 0.29) is 35.9 Å². The van der Waals surface area contributed by atoms with E-state index in [2.05, 4.69) is 30.1 Å². The smallest absolute Gasteiger partial charge is 0.229 e. The van der Waals surface area contributed by atoms with Crippen molar-refractivity contribution >= 4 is 17.5 Å². The fourth-order valence-electron chi connectivity index (χ4n) is 4.65. The van der Waals surface area contributed by atoms with Crippen LogP contribution in [0.25, 0.3) is 0 Å². The van der Waals surface area contributed by atoms with E-state index in [0.29, 0.717) is 6.54 Å². The summed E-state index contributed by atoms with van der Waals surface area (Å²) in [4.78, 5) is 29.7. The van der Waals surface area contributed by atoms with Crippen LogP contribution in [0.15, 0.2) is 24.3 Å². The van der Waals surface area contributed by atoms with Crippen LogP contribution in [-0.2, 0) is 20.9 Å². The Bertz CT molecular complexity index is 739. The minimum Gasteiger partial charge on any atom is -0.373 e. The summed E-state index contributed by atoms with van der Waals surface area (Å²) in [7, 11) is 0. The van der Waals surface area contributed by atoms with E-state index in [9.17, 15) is 9.59 Å². The highest BCUT2D eigenvalue weighted by atomic mass is 16.5. The van der Waals surface area contributed by atoms with Gasteiger partial charge in [0.25, 0.3) is 0 Å². The molecular formula is C23H33N3O3. The van der Waals surface area contributed by atoms with Gasteiger partial charge in [-0.3, -0.25) is 14.5 Å². The molecule has 3 unspecified atom stereocenters. The van der Waals surface area contributed by atoms with E-state index < -0.39 is 0 Å². The fraction of sp³-hybridized carbons (Fsp3) is 0.652. The molecule has 2 saturated heterocycles. The summed E-state index contributed by atoms with van der Waals surface area (Å²) >= 11 is 0. The zero-order valence-electron chi connectivity index (χ0n) is 17.6. The predicted molar refractivity (Wildman–Crippen MR) is 112 cm³/mol. The number of carbonyl (C=O) groups excluding carboxylic acids is 2. The van der Waals surface area contributed by atoms with Crippen LogP contribution in [0.1, 0.15) is 45.1 Å². The molecule has 0 bridgehead atoms. The molecule has 2 amide bonds. The fourth-order valence-corrected chi connectivity index (χ4v) is 4.65. The van der Waals surface area contributed by atoms with Crippen LogP contribution in [0.3, 0.4) is 0 Å². The first-order valence-electron chi connectivity index (χ1n) is 11.0. The van der Waals surface area contributed by atoms with E-state index >= 15 is 0 Å². The van der Waals surface area contributed by atoms with Gasteiger partial charge < -0.3 is 15.0 Å². The number of hydrogen-bond donors (Lipinski definition) is 1. The number of anilines is 1. The summed E-state index contributed by atoms with van der Waals surface area (Å²) in [5.74, 6) is 0.381. The van der Waals surface area contributed by atoms with Gasteiger partial charge in [0, 0.05) is 44.3 Å². The summed E-state index contributed by atoms with van der Waals surface area (Å²) in [6.45, 7) is 8.15. The zero-order valence-corrected chi connectivity index (χ0v) is 17.6. The summed E-state index contributed by atoms with van der Waals surface area (Å²) < 4.78 is 5.84. The molecule has 3 fully saturated rings. The van der Waals surface area contributed by atoms with E-state index in [1.165, 1.54) is 0 Å². The summed E-state index contributed by atoms with van der Waals surface area (Å²) in [5, 5.41) is 3.16. The molecule has 2 aliphatic heterocycles. The molecule has 0 spiro atoms. The van der Waals surface area contributed by atoms with Gasteiger partial charge in [-0.1, -0.05) is 18.2 Å². The highest BCUT2D eigenvalue weighted by molar-refractivity contribution is 5.94. The maximum atomic E-state index is 13.0. The third-order valence-electron chi connectivity index (χ3n) is 6.19. The van der Waals surface area contributed by atoms with Gasteiger partial charge in [0.15, 0.2) is 0 Å². The standard InChI is InChI=1S/C23H33N3O3/c1-16-12-25(13-17(2)29-16)14-19-6-3-4-8-21(19)24-22(27)20-7-5-11-26(15-20)23(28)18-9-10-18/h3-4,6,8,16-18,20H,5,7,9-15H2,1-2H3,(H,24,27). The largest absolute Gasteiger partial charge is 0.373 e. The van der Waals surface area contributed by atoms with Crippen molar-refractivity contribution in [2.24, 2.45) is 11.8 Å². The molecule has 2 heterocycles. The van der Waals surface area contributed by atoms with Crippen LogP contribution in [-0.4, -0.2) is 60.0 Å². The monoisotopic (exact) mass is 399 g/mol. The number of nitrogens with zero attached hydrogens (tertiary/aromatic N) is 2. The van der Waals surface area contributed by atoms with E-state index in [1.54, 1.807) is 0 Å². The van der Waals surface area contributed by atoms with Crippen LogP contribution in [0, 0.1) is 11.8 Å². The molecule has 1 N–H and O–H groups in total. The molecule has 4 rings (SSSR count). The minimum atomic E-state index is -0.122. The van der Waals surface area contributed by atoms with Crippen LogP contribution in [0.4, 0.5) is 5.69 Å². The first-order chi connectivity index (χ1) is 14.0. The number of carbonyl (C=O) groups is 2. The van der Waals surface area contributed by atoms with Crippen molar-refractivity contribution in [1.82, 2.24) is 9.80 Å². The molecule has 3 aliphatic rings. The van der Waals surface area contributed by atoms with Gasteiger partial charge in [-0.15, -0.1) is 0 Å². The predicted octanol–water partition coefficient (Wildman–Crippen LogP) is 2.88. The third-order valence-corrected chi connectivity index (χ3v) is 6.19. The molecule has 1 aromatic carbocycles. The molecule has 29 heavy (non-hydrogen) atoms. The van der Waals surface area contributed by atoms with Gasteiger partial charge in [-0.25, -0.2) is 0 Å². The molecule has 1 saturated carbocycles. The van der Waals surface area contributed by atoms with Crippen molar-refractivity contribution < 1.29 is 14.3 Å². The van der Waals surface area contributed by atoms with Gasteiger partial charge in [0.1, 0.15) is 0 Å². The van der Waals surface area contributed by atoms with E-state index in [4.69, 9.17) is 4.74 Å². The van der Waals surface area contributed by atoms with Gasteiger partial charge in [-0.05, 0) is 51.2 Å². The average molecular weight is 400 g/mol. The highest BCUT2D eigenvalue weighted by Gasteiger charge is 2.36. The SMILES string of the molecule is CC1CN(Cc2ccccc2NC(=O)C2CCCN(C(=O)C3CC3)C2)CC(C)O1. The van der Waals surface area contributed by atoms with Crippen LogP contribution < -0.4 is 5.32 Å². The molecule has 158 valence electrons. The second kappa shape index (κ2) is 8.84.